The van der Waals surface area contributed by atoms with Gasteiger partial charge in [0.15, 0.2) is 0 Å². The summed E-state index contributed by atoms with van der Waals surface area (Å²) in [5.74, 6) is 1.12. The molecule has 1 fully saturated rings. The lowest BCUT2D eigenvalue weighted by Crippen LogP contribution is -2.01. The Balaban J connectivity index is 1.67. The Kier molecular flexibility index (Phi) is 5.63. The van der Waals surface area contributed by atoms with Crippen LogP contribution < -0.4 is 0 Å². The molecular formula is C18H26O2. The van der Waals surface area contributed by atoms with Gasteiger partial charge in [0.05, 0.1) is 0 Å². The maximum Gasteiger partial charge on any atom is 0.303 e. The second-order valence-electron chi connectivity index (χ2n) is 6.29. The summed E-state index contributed by atoms with van der Waals surface area (Å²) >= 11 is 0. The largest absolute Gasteiger partial charge is 0.481 e. The Morgan fingerprint density at radius 2 is 1.80 bits per heavy atom. The minimum atomic E-state index is -0.681. The van der Waals surface area contributed by atoms with Crippen molar-refractivity contribution in [3.8, 4) is 0 Å². The van der Waals surface area contributed by atoms with E-state index in [1.54, 1.807) is 0 Å². The minimum absolute atomic E-state index is 0.304. The number of carbonyl (C=O) groups is 1. The second-order valence-corrected chi connectivity index (χ2v) is 6.29. The highest BCUT2D eigenvalue weighted by Crippen LogP contribution is 2.38. The quantitative estimate of drug-likeness (QED) is 0.675. The fourth-order valence-corrected chi connectivity index (χ4v) is 2.83. The van der Waals surface area contributed by atoms with Crippen molar-refractivity contribution in [1.82, 2.24) is 0 Å². The number of hydrogen-bond acceptors (Lipinski definition) is 1. The molecule has 1 aliphatic rings. The molecule has 1 N–H and O–H groups in total. The number of unbranched alkanes of at least 4 members (excludes halogenated alkanes) is 2. The third-order valence-corrected chi connectivity index (χ3v) is 4.36. The number of aliphatic carboxylic acids is 1. The summed E-state index contributed by atoms with van der Waals surface area (Å²) in [6.07, 6.45) is 8.33. The monoisotopic (exact) mass is 274 g/mol. The summed E-state index contributed by atoms with van der Waals surface area (Å²) < 4.78 is 0. The SMILES string of the molecule is C[C@H](Cc1ccc(CCCCCC(=O)O)cc1)C1CC1. The lowest BCUT2D eigenvalue weighted by molar-refractivity contribution is -0.137. The molecule has 2 heteroatoms. The van der Waals surface area contributed by atoms with E-state index in [0.717, 1.165) is 37.5 Å². The molecule has 0 saturated heterocycles. The standard InChI is InChI=1S/C18H26O2/c1-14(17-11-12-17)13-16-9-7-15(8-10-16)5-3-2-4-6-18(19)20/h7-10,14,17H,2-6,11-13H2,1H3,(H,19,20)/t14-/m1/s1. The smallest absolute Gasteiger partial charge is 0.303 e. The van der Waals surface area contributed by atoms with Gasteiger partial charge in [-0.2, -0.15) is 0 Å². The van der Waals surface area contributed by atoms with E-state index >= 15 is 0 Å². The molecule has 1 saturated carbocycles. The average Bonchev–Trinajstić information content (AvgIpc) is 3.24. The van der Waals surface area contributed by atoms with E-state index in [9.17, 15) is 4.79 Å². The second kappa shape index (κ2) is 7.47. The van der Waals surface area contributed by atoms with Gasteiger partial charge in [0.1, 0.15) is 0 Å². The number of aryl methyl sites for hydroxylation is 1. The van der Waals surface area contributed by atoms with Crippen LogP contribution in [0.1, 0.15) is 56.6 Å². The molecule has 1 aromatic carbocycles. The topological polar surface area (TPSA) is 37.3 Å². The average molecular weight is 274 g/mol. The van der Waals surface area contributed by atoms with Gasteiger partial charge in [-0.05, 0) is 61.5 Å². The summed E-state index contributed by atoms with van der Waals surface area (Å²) in [4.78, 5) is 10.4. The Morgan fingerprint density at radius 1 is 1.15 bits per heavy atom. The first-order chi connectivity index (χ1) is 9.65. The molecule has 0 aliphatic heterocycles. The van der Waals surface area contributed by atoms with Crippen molar-refractivity contribution in [2.45, 2.75) is 58.3 Å². The van der Waals surface area contributed by atoms with Crippen LogP contribution in [0.25, 0.3) is 0 Å². The fourth-order valence-electron chi connectivity index (χ4n) is 2.83. The first kappa shape index (κ1) is 15.1. The zero-order valence-electron chi connectivity index (χ0n) is 12.5. The summed E-state index contributed by atoms with van der Waals surface area (Å²) in [5, 5.41) is 8.58. The molecule has 0 amide bonds. The third-order valence-electron chi connectivity index (χ3n) is 4.36. The van der Waals surface area contributed by atoms with E-state index in [2.05, 4.69) is 31.2 Å². The summed E-state index contributed by atoms with van der Waals surface area (Å²) in [6, 6.07) is 9.02. The van der Waals surface area contributed by atoms with Crippen molar-refractivity contribution in [3.63, 3.8) is 0 Å². The Bertz CT molecular complexity index is 418. The van der Waals surface area contributed by atoms with Gasteiger partial charge in [-0.15, -0.1) is 0 Å². The van der Waals surface area contributed by atoms with Crippen molar-refractivity contribution in [1.29, 1.82) is 0 Å². The van der Waals surface area contributed by atoms with Crippen LogP contribution in [0.5, 0.6) is 0 Å². The fraction of sp³-hybridized carbons (Fsp3) is 0.611. The van der Waals surface area contributed by atoms with E-state index in [1.807, 2.05) is 0 Å². The van der Waals surface area contributed by atoms with Gasteiger partial charge < -0.3 is 5.11 Å². The van der Waals surface area contributed by atoms with Crippen molar-refractivity contribution >= 4 is 5.97 Å². The van der Waals surface area contributed by atoms with Crippen molar-refractivity contribution in [2.75, 3.05) is 0 Å². The van der Waals surface area contributed by atoms with Crippen LogP contribution in [0, 0.1) is 11.8 Å². The summed E-state index contributed by atoms with van der Waals surface area (Å²) in [7, 11) is 0. The van der Waals surface area contributed by atoms with Gasteiger partial charge in [-0.25, -0.2) is 0 Å². The van der Waals surface area contributed by atoms with Crippen LogP contribution in [0.4, 0.5) is 0 Å². The highest BCUT2D eigenvalue weighted by molar-refractivity contribution is 5.66. The van der Waals surface area contributed by atoms with Crippen LogP contribution in [0.15, 0.2) is 24.3 Å². The van der Waals surface area contributed by atoms with Crippen LogP contribution in [0.3, 0.4) is 0 Å². The molecule has 0 bridgehead atoms. The highest BCUT2D eigenvalue weighted by atomic mass is 16.4. The van der Waals surface area contributed by atoms with E-state index < -0.39 is 5.97 Å². The van der Waals surface area contributed by atoms with Gasteiger partial charge >= 0.3 is 5.97 Å². The van der Waals surface area contributed by atoms with Crippen LogP contribution in [-0.2, 0) is 17.6 Å². The lowest BCUT2D eigenvalue weighted by atomic mass is 9.95. The molecule has 20 heavy (non-hydrogen) atoms. The number of carboxylic acids is 1. The molecule has 0 unspecified atom stereocenters. The van der Waals surface area contributed by atoms with Gasteiger partial charge in [-0.1, -0.05) is 37.6 Å². The Hall–Kier alpha value is -1.31. The molecule has 0 radical (unpaired) electrons. The molecule has 0 heterocycles. The van der Waals surface area contributed by atoms with E-state index in [4.69, 9.17) is 5.11 Å². The zero-order valence-corrected chi connectivity index (χ0v) is 12.5. The predicted molar refractivity (Wildman–Crippen MR) is 81.8 cm³/mol. The minimum Gasteiger partial charge on any atom is -0.481 e. The zero-order chi connectivity index (χ0) is 14.4. The van der Waals surface area contributed by atoms with Crippen LogP contribution in [0.2, 0.25) is 0 Å². The molecule has 1 aliphatic carbocycles. The van der Waals surface area contributed by atoms with E-state index in [1.165, 1.54) is 30.4 Å². The number of carboxylic acid groups (broad SMARTS) is 1. The Labute approximate surface area is 122 Å². The number of hydrogen-bond donors (Lipinski definition) is 1. The van der Waals surface area contributed by atoms with Crippen molar-refractivity contribution in [2.24, 2.45) is 11.8 Å². The van der Waals surface area contributed by atoms with E-state index in [-0.39, 0.29) is 0 Å². The molecule has 2 rings (SSSR count). The van der Waals surface area contributed by atoms with Crippen LogP contribution >= 0.6 is 0 Å². The number of benzene rings is 1. The molecular weight excluding hydrogens is 248 g/mol. The maximum absolute atomic E-state index is 10.4. The number of rotatable bonds is 9. The molecule has 0 aromatic heterocycles. The predicted octanol–water partition coefficient (Wildman–Crippen LogP) is 4.46. The van der Waals surface area contributed by atoms with Crippen molar-refractivity contribution in [3.05, 3.63) is 35.4 Å². The lowest BCUT2D eigenvalue weighted by Gasteiger charge is -2.10. The molecule has 1 atom stereocenters. The van der Waals surface area contributed by atoms with E-state index in [0.29, 0.717) is 6.42 Å². The van der Waals surface area contributed by atoms with Gasteiger partial charge in [0.25, 0.3) is 0 Å². The summed E-state index contributed by atoms with van der Waals surface area (Å²) in [5.41, 5.74) is 2.84. The van der Waals surface area contributed by atoms with Crippen LogP contribution in [-0.4, -0.2) is 11.1 Å². The van der Waals surface area contributed by atoms with Gasteiger partial charge in [0.2, 0.25) is 0 Å². The molecule has 2 nitrogen and oxygen atoms in total. The highest BCUT2D eigenvalue weighted by Gasteiger charge is 2.27. The normalized spacial score (nSPS) is 16.1. The first-order valence-corrected chi connectivity index (χ1v) is 7.95. The summed E-state index contributed by atoms with van der Waals surface area (Å²) in [6.45, 7) is 2.37. The van der Waals surface area contributed by atoms with Gasteiger partial charge in [0, 0.05) is 6.42 Å². The molecule has 1 aromatic rings. The van der Waals surface area contributed by atoms with Gasteiger partial charge in [-0.3, -0.25) is 4.79 Å². The maximum atomic E-state index is 10.4. The van der Waals surface area contributed by atoms with Crippen molar-refractivity contribution < 1.29 is 9.90 Å². The molecule has 110 valence electrons. The third kappa shape index (κ3) is 5.36. The first-order valence-electron chi connectivity index (χ1n) is 7.95. The molecule has 0 spiro atoms. The Morgan fingerprint density at radius 3 is 2.40 bits per heavy atom.